The third-order valence-corrected chi connectivity index (χ3v) is 3.48. The average Bonchev–Trinajstić information content (AvgIpc) is 2.46. The zero-order valence-corrected chi connectivity index (χ0v) is 11.8. The van der Waals surface area contributed by atoms with Crippen LogP contribution in [0.3, 0.4) is 0 Å². The van der Waals surface area contributed by atoms with Gasteiger partial charge in [-0.25, -0.2) is 9.97 Å². The largest absolute Gasteiger partial charge is 0.316 e. The Morgan fingerprint density at radius 1 is 1.00 bits per heavy atom. The smallest absolute Gasteiger partial charge is 0.115 e. The van der Waals surface area contributed by atoms with Gasteiger partial charge in [0.2, 0.25) is 0 Å². The summed E-state index contributed by atoms with van der Waals surface area (Å²) in [7, 11) is 2.03. The standard InChI is InChI=1S/C16H21N3/c1-12(2)16(17-3)8-13-4-6-14(7-5-13)15-9-18-11-19-10-15/h4-7,9-12,16-17H,8H2,1-3H3. The fraction of sp³-hybridized carbons (Fsp3) is 0.375. The minimum atomic E-state index is 0.519. The Labute approximate surface area is 115 Å². The van der Waals surface area contributed by atoms with Gasteiger partial charge in [-0.05, 0) is 30.5 Å². The van der Waals surface area contributed by atoms with E-state index in [1.54, 1.807) is 6.33 Å². The molecule has 100 valence electrons. The molecular weight excluding hydrogens is 234 g/mol. The summed E-state index contributed by atoms with van der Waals surface area (Å²) in [6.07, 6.45) is 6.29. The van der Waals surface area contributed by atoms with E-state index in [-0.39, 0.29) is 0 Å². The fourth-order valence-corrected chi connectivity index (χ4v) is 2.21. The molecule has 19 heavy (non-hydrogen) atoms. The zero-order valence-electron chi connectivity index (χ0n) is 11.8. The summed E-state index contributed by atoms with van der Waals surface area (Å²) in [6, 6.07) is 9.18. The summed E-state index contributed by atoms with van der Waals surface area (Å²) >= 11 is 0. The van der Waals surface area contributed by atoms with Crippen LogP contribution in [-0.4, -0.2) is 23.1 Å². The first kappa shape index (κ1) is 13.7. The predicted octanol–water partition coefficient (Wildman–Crippen LogP) is 2.93. The van der Waals surface area contributed by atoms with Crippen LogP contribution in [0.25, 0.3) is 11.1 Å². The van der Waals surface area contributed by atoms with Gasteiger partial charge in [-0.15, -0.1) is 0 Å². The maximum Gasteiger partial charge on any atom is 0.115 e. The van der Waals surface area contributed by atoms with E-state index in [2.05, 4.69) is 53.4 Å². The highest BCUT2D eigenvalue weighted by Gasteiger charge is 2.11. The van der Waals surface area contributed by atoms with E-state index in [1.807, 2.05) is 19.4 Å². The first-order chi connectivity index (χ1) is 9.20. The monoisotopic (exact) mass is 255 g/mol. The third-order valence-electron chi connectivity index (χ3n) is 3.48. The van der Waals surface area contributed by atoms with E-state index in [4.69, 9.17) is 0 Å². The van der Waals surface area contributed by atoms with Gasteiger partial charge >= 0.3 is 0 Å². The van der Waals surface area contributed by atoms with Gasteiger partial charge in [-0.2, -0.15) is 0 Å². The Morgan fingerprint density at radius 2 is 1.63 bits per heavy atom. The van der Waals surface area contributed by atoms with Gasteiger partial charge in [-0.3, -0.25) is 0 Å². The van der Waals surface area contributed by atoms with Crippen LogP contribution in [-0.2, 0) is 6.42 Å². The molecule has 1 N–H and O–H groups in total. The van der Waals surface area contributed by atoms with Crippen molar-refractivity contribution in [3.8, 4) is 11.1 Å². The molecule has 1 aromatic carbocycles. The van der Waals surface area contributed by atoms with Crippen LogP contribution in [0.1, 0.15) is 19.4 Å². The van der Waals surface area contributed by atoms with Crippen molar-refractivity contribution in [1.82, 2.24) is 15.3 Å². The van der Waals surface area contributed by atoms with Crippen LogP contribution in [0.4, 0.5) is 0 Å². The molecule has 2 rings (SSSR count). The van der Waals surface area contributed by atoms with Gasteiger partial charge in [0.05, 0.1) is 0 Å². The first-order valence-electron chi connectivity index (χ1n) is 6.72. The molecule has 0 bridgehead atoms. The second kappa shape index (κ2) is 6.43. The van der Waals surface area contributed by atoms with Crippen molar-refractivity contribution in [2.75, 3.05) is 7.05 Å². The SMILES string of the molecule is CNC(Cc1ccc(-c2cncnc2)cc1)C(C)C. The number of benzene rings is 1. The summed E-state index contributed by atoms with van der Waals surface area (Å²) in [4.78, 5) is 8.09. The molecule has 2 aromatic rings. The molecule has 0 aliphatic carbocycles. The van der Waals surface area contributed by atoms with Crippen molar-refractivity contribution in [3.63, 3.8) is 0 Å². The van der Waals surface area contributed by atoms with Crippen molar-refractivity contribution < 1.29 is 0 Å². The van der Waals surface area contributed by atoms with Crippen molar-refractivity contribution in [1.29, 1.82) is 0 Å². The van der Waals surface area contributed by atoms with Crippen LogP contribution in [0.5, 0.6) is 0 Å². The van der Waals surface area contributed by atoms with Crippen LogP contribution in [0.2, 0.25) is 0 Å². The lowest BCUT2D eigenvalue weighted by molar-refractivity contribution is 0.424. The number of hydrogen-bond donors (Lipinski definition) is 1. The number of nitrogens with one attached hydrogen (secondary N) is 1. The molecule has 0 saturated heterocycles. The van der Waals surface area contributed by atoms with Crippen LogP contribution in [0.15, 0.2) is 43.0 Å². The molecule has 3 nitrogen and oxygen atoms in total. The third kappa shape index (κ3) is 3.61. The lowest BCUT2D eigenvalue weighted by Gasteiger charge is -2.20. The summed E-state index contributed by atoms with van der Waals surface area (Å²) in [5.74, 6) is 0.632. The maximum absolute atomic E-state index is 4.05. The molecule has 1 aromatic heterocycles. The van der Waals surface area contributed by atoms with E-state index >= 15 is 0 Å². The zero-order chi connectivity index (χ0) is 13.7. The summed E-state index contributed by atoms with van der Waals surface area (Å²) in [5.41, 5.74) is 3.58. The van der Waals surface area contributed by atoms with Crippen molar-refractivity contribution in [2.45, 2.75) is 26.3 Å². The van der Waals surface area contributed by atoms with Crippen LogP contribution < -0.4 is 5.32 Å². The molecule has 1 unspecified atom stereocenters. The number of likely N-dealkylation sites (N-methyl/N-ethyl adjacent to an activating group) is 1. The Bertz CT molecular complexity index is 491. The van der Waals surface area contributed by atoms with Crippen LogP contribution in [0, 0.1) is 5.92 Å². The average molecular weight is 255 g/mol. The van der Waals surface area contributed by atoms with Crippen LogP contribution >= 0.6 is 0 Å². The highest BCUT2D eigenvalue weighted by Crippen LogP contribution is 2.19. The molecule has 0 aliphatic rings. The minimum Gasteiger partial charge on any atom is -0.316 e. The molecule has 0 spiro atoms. The van der Waals surface area contributed by atoms with Gasteiger partial charge in [0.1, 0.15) is 6.33 Å². The molecule has 0 amide bonds. The van der Waals surface area contributed by atoms with E-state index < -0.39 is 0 Å². The van der Waals surface area contributed by atoms with E-state index in [0.29, 0.717) is 12.0 Å². The van der Waals surface area contributed by atoms with Crippen molar-refractivity contribution in [2.24, 2.45) is 5.92 Å². The van der Waals surface area contributed by atoms with Crippen molar-refractivity contribution in [3.05, 3.63) is 48.5 Å². The topological polar surface area (TPSA) is 37.8 Å². The molecule has 0 fully saturated rings. The van der Waals surface area contributed by atoms with Gasteiger partial charge in [0.25, 0.3) is 0 Å². The van der Waals surface area contributed by atoms with Gasteiger partial charge < -0.3 is 5.32 Å². The normalized spacial score (nSPS) is 12.6. The van der Waals surface area contributed by atoms with Crippen molar-refractivity contribution >= 4 is 0 Å². The maximum atomic E-state index is 4.05. The first-order valence-corrected chi connectivity index (χ1v) is 6.72. The Hall–Kier alpha value is -1.74. The van der Waals surface area contributed by atoms with E-state index in [0.717, 1.165) is 17.5 Å². The summed E-state index contributed by atoms with van der Waals surface area (Å²) in [5, 5.41) is 3.38. The molecule has 1 heterocycles. The highest BCUT2D eigenvalue weighted by molar-refractivity contribution is 5.61. The molecule has 0 saturated carbocycles. The fourth-order valence-electron chi connectivity index (χ4n) is 2.21. The minimum absolute atomic E-state index is 0.519. The number of nitrogens with zero attached hydrogens (tertiary/aromatic N) is 2. The summed E-state index contributed by atoms with van der Waals surface area (Å²) in [6.45, 7) is 4.49. The second-order valence-corrected chi connectivity index (χ2v) is 5.17. The number of aromatic nitrogens is 2. The van der Waals surface area contributed by atoms with Gasteiger partial charge in [-0.1, -0.05) is 38.1 Å². The lowest BCUT2D eigenvalue weighted by atomic mass is 9.95. The van der Waals surface area contributed by atoms with Gasteiger partial charge in [0.15, 0.2) is 0 Å². The Kier molecular flexibility index (Phi) is 4.63. The highest BCUT2D eigenvalue weighted by atomic mass is 14.9. The molecule has 3 heteroatoms. The Balaban J connectivity index is 2.11. The van der Waals surface area contributed by atoms with E-state index in [9.17, 15) is 0 Å². The lowest BCUT2D eigenvalue weighted by Crippen LogP contribution is -2.32. The molecule has 0 aliphatic heterocycles. The summed E-state index contributed by atoms with van der Waals surface area (Å²) < 4.78 is 0. The number of rotatable bonds is 5. The van der Waals surface area contributed by atoms with Gasteiger partial charge in [0, 0.05) is 24.0 Å². The molecule has 1 atom stereocenters. The predicted molar refractivity (Wildman–Crippen MR) is 78.9 cm³/mol. The van der Waals surface area contributed by atoms with E-state index in [1.165, 1.54) is 5.56 Å². The molecule has 0 radical (unpaired) electrons. The Morgan fingerprint density at radius 3 is 2.16 bits per heavy atom. The quantitative estimate of drug-likeness (QED) is 0.892. The second-order valence-electron chi connectivity index (χ2n) is 5.17. The molecular formula is C16H21N3. The number of hydrogen-bond acceptors (Lipinski definition) is 3.